The van der Waals surface area contributed by atoms with Gasteiger partial charge in [-0.05, 0) is 44.5 Å². The highest BCUT2D eigenvalue weighted by Gasteiger charge is 2.12. The van der Waals surface area contributed by atoms with E-state index in [9.17, 15) is 9.90 Å². The van der Waals surface area contributed by atoms with E-state index >= 15 is 0 Å². The smallest absolute Gasteiger partial charge is 0.310 e. The van der Waals surface area contributed by atoms with Crippen molar-refractivity contribution in [3.63, 3.8) is 0 Å². The summed E-state index contributed by atoms with van der Waals surface area (Å²) in [7, 11) is 2.92. The minimum absolute atomic E-state index is 0.0432. The molecule has 0 fully saturated rings. The summed E-state index contributed by atoms with van der Waals surface area (Å²) >= 11 is 0. The number of furan rings is 1. The van der Waals surface area contributed by atoms with Crippen molar-refractivity contribution in [2.45, 2.75) is 19.8 Å². The second kappa shape index (κ2) is 12.4. The number of allylic oxidation sites excluding steroid dienone is 6. The second-order valence-electron chi connectivity index (χ2n) is 7.12. The summed E-state index contributed by atoms with van der Waals surface area (Å²) in [5.41, 5.74) is 4.62. The molecule has 0 saturated heterocycles. The quantitative estimate of drug-likeness (QED) is 0.134. The van der Waals surface area contributed by atoms with Crippen LogP contribution in [0.25, 0.3) is 5.57 Å². The van der Waals surface area contributed by atoms with Crippen LogP contribution in [0.1, 0.15) is 36.1 Å². The Kier molecular flexibility index (Phi) is 9.59. The number of nitrogens with one attached hydrogen (secondary N) is 2. The molecular formula is C24H30N2O6. The van der Waals surface area contributed by atoms with Crippen LogP contribution in [-0.4, -0.2) is 43.5 Å². The van der Waals surface area contributed by atoms with Gasteiger partial charge in [-0.2, -0.15) is 0 Å². The highest BCUT2D eigenvalue weighted by molar-refractivity contribution is 5.91. The molecule has 0 aliphatic heterocycles. The minimum Gasteiger partial charge on any atom is -0.502 e. The van der Waals surface area contributed by atoms with Gasteiger partial charge in [0, 0.05) is 12.1 Å². The first-order chi connectivity index (χ1) is 15.4. The summed E-state index contributed by atoms with van der Waals surface area (Å²) in [6, 6.07) is 3.20. The van der Waals surface area contributed by atoms with Gasteiger partial charge in [0.25, 0.3) is 0 Å². The van der Waals surface area contributed by atoms with Crippen LogP contribution in [0.5, 0.6) is 0 Å². The van der Waals surface area contributed by atoms with Crippen molar-refractivity contribution in [3.8, 4) is 0 Å². The number of aliphatic hydroxyl groups excluding tert-OH is 1. The molecule has 8 heteroatoms. The van der Waals surface area contributed by atoms with E-state index < -0.39 is 5.91 Å². The molecule has 4 N–H and O–H groups in total. The number of rotatable bonds is 11. The lowest BCUT2D eigenvalue weighted by atomic mass is 10.1. The number of methoxy groups -OCH3 is 2. The first-order valence-corrected chi connectivity index (χ1v) is 10.1. The van der Waals surface area contributed by atoms with Crippen molar-refractivity contribution in [2.75, 3.05) is 27.3 Å². The number of hydrogen-bond donors (Lipinski definition) is 4. The average molecular weight is 443 g/mol. The number of carbonyl (C=O) groups is 1. The zero-order valence-electron chi connectivity index (χ0n) is 18.6. The first-order valence-electron chi connectivity index (χ1n) is 10.1. The van der Waals surface area contributed by atoms with Crippen LogP contribution in [-0.2, 0) is 9.47 Å². The molecule has 0 unspecified atom stereocenters. The molecule has 32 heavy (non-hydrogen) atoms. The van der Waals surface area contributed by atoms with Crippen molar-refractivity contribution >= 4 is 11.5 Å². The monoisotopic (exact) mass is 442 g/mol. The van der Waals surface area contributed by atoms with Gasteiger partial charge in [0.05, 0.1) is 14.2 Å². The molecule has 8 nitrogen and oxygen atoms in total. The van der Waals surface area contributed by atoms with Gasteiger partial charge in [0.15, 0.2) is 23.0 Å². The molecule has 1 amide bonds. The van der Waals surface area contributed by atoms with Crippen LogP contribution in [0.15, 0.2) is 81.9 Å². The topological polar surface area (TPSA) is 113 Å². The Balaban J connectivity index is 1.90. The Bertz CT molecular complexity index is 978. The standard InChI is InChI=1S/C24H30N2O6/c1-16(14-22(31-4)23(27)17(2)30-3)12-13-25-15-18-6-5-7-19(9-8-18)20-10-11-21(32-20)24(28)26-29/h5,7-11,14,25,27,29H,2,6,12-13,15H2,1,3-4H3,(H,26,28)/b16-14+,23-22-. The van der Waals surface area contributed by atoms with Crippen molar-refractivity contribution in [2.24, 2.45) is 0 Å². The van der Waals surface area contributed by atoms with Gasteiger partial charge < -0.3 is 24.3 Å². The summed E-state index contributed by atoms with van der Waals surface area (Å²) in [5.74, 6) is 0.231. The van der Waals surface area contributed by atoms with Crippen molar-refractivity contribution < 1.29 is 29.0 Å². The molecule has 0 bridgehead atoms. The fourth-order valence-electron chi connectivity index (χ4n) is 2.92. The number of hydroxylamine groups is 1. The summed E-state index contributed by atoms with van der Waals surface area (Å²) in [6.07, 6.45) is 11.3. The van der Waals surface area contributed by atoms with E-state index in [1.807, 2.05) is 31.2 Å². The Morgan fingerprint density at radius 2 is 2.06 bits per heavy atom. The van der Waals surface area contributed by atoms with Crippen molar-refractivity contribution in [1.29, 1.82) is 0 Å². The molecule has 1 heterocycles. The third kappa shape index (κ3) is 7.04. The predicted octanol–water partition coefficient (Wildman–Crippen LogP) is 4.17. The van der Waals surface area contributed by atoms with Crippen LogP contribution in [0.2, 0.25) is 0 Å². The summed E-state index contributed by atoms with van der Waals surface area (Å²) in [5, 5.41) is 22.2. The molecule has 0 atom stereocenters. The maximum atomic E-state index is 11.4. The highest BCUT2D eigenvalue weighted by atomic mass is 16.5. The van der Waals surface area contributed by atoms with Gasteiger partial charge in [-0.3, -0.25) is 10.0 Å². The lowest BCUT2D eigenvalue weighted by molar-refractivity contribution is 0.0675. The molecule has 0 radical (unpaired) electrons. The van der Waals surface area contributed by atoms with E-state index in [4.69, 9.17) is 19.1 Å². The van der Waals surface area contributed by atoms with Gasteiger partial charge in [0.1, 0.15) is 5.76 Å². The van der Waals surface area contributed by atoms with E-state index in [0.29, 0.717) is 11.5 Å². The van der Waals surface area contributed by atoms with Crippen molar-refractivity contribution in [3.05, 3.63) is 89.0 Å². The number of carbonyl (C=O) groups excluding carboxylic acids is 1. The average Bonchev–Trinajstić information content (AvgIpc) is 3.18. The number of aliphatic hydroxyl groups is 1. The maximum Gasteiger partial charge on any atom is 0.310 e. The lowest BCUT2D eigenvalue weighted by Gasteiger charge is -2.10. The number of amides is 1. The zero-order valence-corrected chi connectivity index (χ0v) is 18.6. The Hall–Kier alpha value is -3.49. The van der Waals surface area contributed by atoms with Crippen LogP contribution < -0.4 is 10.8 Å². The van der Waals surface area contributed by atoms with Crippen molar-refractivity contribution in [1.82, 2.24) is 10.8 Å². The summed E-state index contributed by atoms with van der Waals surface area (Å²) in [6.45, 7) is 7.05. The van der Waals surface area contributed by atoms with E-state index in [0.717, 1.165) is 37.1 Å². The molecule has 1 aliphatic rings. The zero-order chi connectivity index (χ0) is 23.5. The molecule has 0 saturated carbocycles. The van der Waals surface area contributed by atoms with Gasteiger partial charge in [-0.25, -0.2) is 5.48 Å². The van der Waals surface area contributed by atoms with Gasteiger partial charge >= 0.3 is 5.91 Å². The second-order valence-corrected chi connectivity index (χ2v) is 7.12. The van der Waals surface area contributed by atoms with Gasteiger partial charge in [0.2, 0.25) is 0 Å². The lowest BCUT2D eigenvalue weighted by Crippen LogP contribution is -2.18. The molecule has 0 spiro atoms. The molecule has 1 aromatic rings. The highest BCUT2D eigenvalue weighted by Crippen LogP contribution is 2.23. The summed E-state index contributed by atoms with van der Waals surface area (Å²) in [4.78, 5) is 11.4. The summed E-state index contributed by atoms with van der Waals surface area (Å²) < 4.78 is 15.6. The largest absolute Gasteiger partial charge is 0.502 e. The molecule has 1 aliphatic carbocycles. The fourth-order valence-corrected chi connectivity index (χ4v) is 2.92. The molecular weight excluding hydrogens is 412 g/mol. The third-order valence-corrected chi connectivity index (χ3v) is 4.78. The van der Waals surface area contributed by atoms with E-state index in [1.165, 1.54) is 25.9 Å². The van der Waals surface area contributed by atoms with Gasteiger partial charge in [-0.15, -0.1) is 0 Å². The predicted molar refractivity (Wildman–Crippen MR) is 122 cm³/mol. The molecule has 172 valence electrons. The molecule has 0 aromatic carbocycles. The van der Waals surface area contributed by atoms with Gasteiger partial charge in [-0.1, -0.05) is 42.0 Å². The van der Waals surface area contributed by atoms with Crippen LogP contribution >= 0.6 is 0 Å². The van der Waals surface area contributed by atoms with E-state index in [1.54, 1.807) is 17.6 Å². The first kappa shape index (κ1) is 24.8. The third-order valence-electron chi connectivity index (χ3n) is 4.78. The van der Waals surface area contributed by atoms with E-state index in [-0.39, 0.29) is 17.3 Å². The minimum atomic E-state index is -0.689. The van der Waals surface area contributed by atoms with Crippen LogP contribution in [0.4, 0.5) is 0 Å². The fraction of sp³-hybridized carbons (Fsp3) is 0.292. The number of hydrogen-bond acceptors (Lipinski definition) is 7. The number of ether oxygens (including phenoxy) is 2. The van der Waals surface area contributed by atoms with Crippen LogP contribution in [0, 0.1) is 0 Å². The normalized spacial score (nSPS) is 14.7. The Morgan fingerprint density at radius 3 is 2.75 bits per heavy atom. The maximum absolute atomic E-state index is 11.4. The Labute approximate surface area is 187 Å². The SMILES string of the molecule is C=C(OC)/C(O)=C(\C=C(/C)CCNCC1=CC=C(c2ccc(C(=O)NO)o2)C=CC1)OC. The van der Waals surface area contributed by atoms with Crippen LogP contribution in [0.3, 0.4) is 0 Å². The Morgan fingerprint density at radius 1 is 1.28 bits per heavy atom. The van der Waals surface area contributed by atoms with E-state index in [2.05, 4.69) is 11.9 Å². The molecule has 1 aromatic heterocycles. The molecule has 2 rings (SSSR count).